The number of benzene rings is 2. The number of carbonyl (C=O) groups excluding carboxylic acids is 4. The van der Waals surface area contributed by atoms with E-state index >= 15 is 0 Å². The van der Waals surface area contributed by atoms with Crippen LogP contribution in [0.5, 0.6) is 0 Å². The second kappa shape index (κ2) is 10.4. The lowest BCUT2D eigenvalue weighted by Crippen LogP contribution is -2.37. The largest absolute Gasteiger partial charge is 0.465 e. The number of methoxy groups -OCH3 is 2. The molecule has 0 spiro atoms. The zero-order chi connectivity index (χ0) is 23.1. The number of hydrogen-bond acceptors (Lipinski definition) is 6. The summed E-state index contributed by atoms with van der Waals surface area (Å²) < 4.78 is 9.33. The molecule has 0 saturated heterocycles. The van der Waals surface area contributed by atoms with E-state index in [0.717, 1.165) is 0 Å². The average Bonchev–Trinajstić information content (AvgIpc) is 2.83. The van der Waals surface area contributed by atoms with Crippen molar-refractivity contribution in [2.45, 2.75) is 12.8 Å². The molecule has 2 aromatic carbocycles. The van der Waals surface area contributed by atoms with Crippen molar-refractivity contribution in [1.82, 2.24) is 0 Å². The first-order valence-corrected chi connectivity index (χ1v) is 10.1. The molecule has 0 saturated carbocycles. The summed E-state index contributed by atoms with van der Waals surface area (Å²) in [7, 11) is 2.60. The summed E-state index contributed by atoms with van der Waals surface area (Å²) in [6.07, 6.45) is 4.65. The molecule has 0 heterocycles. The van der Waals surface area contributed by atoms with Crippen LogP contribution in [0.3, 0.4) is 0 Å². The second-order valence-corrected chi connectivity index (χ2v) is 7.27. The van der Waals surface area contributed by atoms with Crippen LogP contribution >= 0.6 is 0 Å². The first kappa shape index (κ1) is 22.7. The summed E-state index contributed by atoms with van der Waals surface area (Å²) in [5, 5.41) is 5.63. The van der Waals surface area contributed by atoms with Crippen molar-refractivity contribution in [3.05, 3.63) is 71.8 Å². The van der Waals surface area contributed by atoms with Crippen LogP contribution in [-0.2, 0) is 19.1 Å². The van der Waals surface area contributed by atoms with E-state index < -0.39 is 23.8 Å². The highest BCUT2D eigenvalue weighted by atomic mass is 16.5. The third-order valence-electron chi connectivity index (χ3n) is 5.25. The van der Waals surface area contributed by atoms with Crippen molar-refractivity contribution < 1.29 is 28.7 Å². The maximum Gasteiger partial charge on any atom is 0.337 e. The van der Waals surface area contributed by atoms with E-state index in [0.29, 0.717) is 35.3 Å². The highest BCUT2D eigenvalue weighted by molar-refractivity contribution is 6.00. The fourth-order valence-electron chi connectivity index (χ4n) is 3.48. The molecule has 8 nitrogen and oxygen atoms in total. The number of amides is 2. The molecule has 2 atom stereocenters. The number of rotatable bonds is 6. The lowest BCUT2D eigenvalue weighted by molar-refractivity contribution is -0.129. The molecule has 2 N–H and O–H groups in total. The average molecular weight is 436 g/mol. The fraction of sp³-hybridized carbons (Fsp3) is 0.250. The van der Waals surface area contributed by atoms with Gasteiger partial charge in [0.15, 0.2) is 0 Å². The standard InChI is InChI=1S/C24H24N2O6/c1-31-23(29)15-7-11-17(12-8-15)25-21(27)19-5-3-4-6-20(19)22(28)26-18-13-9-16(10-14-18)24(30)32-2/h3-4,7-14,19-20H,5-6H2,1-2H3,(H,25,27)(H,26,28). The van der Waals surface area contributed by atoms with Crippen LogP contribution in [0.1, 0.15) is 33.6 Å². The minimum atomic E-state index is -0.547. The van der Waals surface area contributed by atoms with E-state index in [1.807, 2.05) is 12.2 Å². The summed E-state index contributed by atoms with van der Waals surface area (Å²) in [4.78, 5) is 48.9. The van der Waals surface area contributed by atoms with Crippen LogP contribution in [-0.4, -0.2) is 38.0 Å². The predicted octanol–water partition coefficient (Wildman–Crippen LogP) is 3.42. The van der Waals surface area contributed by atoms with Crippen molar-refractivity contribution in [3.8, 4) is 0 Å². The Hall–Kier alpha value is -3.94. The number of allylic oxidation sites excluding steroid dienone is 2. The molecule has 8 heteroatoms. The molecule has 0 aliphatic heterocycles. The summed E-state index contributed by atoms with van der Waals surface area (Å²) in [5.41, 5.74) is 1.80. The van der Waals surface area contributed by atoms with Gasteiger partial charge in [-0.2, -0.15) is 0 Å². The van der Waals surface area contributed by atoms with Crippen LogP contribution < -0.4 is 10.6 Å². The first-order chi connectivity index (χ1) is 15.4. The van der Waals surface area contributed by atoms with Gasteiger partial charge in [-0.3, -0.25) is 9.59 Å². The summed E-state index contributed by atoms with van der Waals surface area (Å²) in [5.74, 6) is -2.57. The van der Waals surface area contributed by atoms with Crippen molar-refractivity contribution >= 4 is 35.1 Å². The van der Waals surface area contributed by atoms with Gasteiger partial charge in [0.2, 0.25) is 11.8 Å². The van der Waals surface area contributed by atoms with Gasteiger partial charge < -0.3 is 20.1 Å². The molecule has 166 valence electrons. The quantitative estimate of drug-likeness (QED) is 0.530. The maximum absolute atomic E-state index is 12.9. The van der Waals surface area contributed by atoms with Crippen molar-refractivity contribution in [2.24, 2.45) is 11.8 Å². The number of anilines is 2. The number of ether oxygens (including phenoxy) is 2. The smallest absolute Gasteiger partial charge is 0.337 e. The number of nitrogens with one attached hydrogen (secondary N) is 2. The molecule has 2 aromatic rings. The minimum Gasteiger partial charge on any atom is -0.465 e. The van der Waals surface area contributed by atoms with Crippen LogP contribution in [0, 0.1) is 11.8 Å². The molecular weight excluding hydrogens is 412 g/mol. The molecule has 0 radical (unpaired) electrons. The molecule has 1 aliphatic rings. The topological polar surface area (TPSA) is 111 Å². The Morgan fingerprint density at radius 1 is 0.656 bits per heavy atom. The molecule has 2 unspecified atom stereocenters. The Morgan fingerprint density at radius 2 is 1.00 bits per heavy atom. The van der Waals surface area contributed by atoms with E-state index in [4.69, 9.17) is 0 Å². The van der Waals surface area contributed by atoms with Gasteiger partial charge in [0.25, 0.3) is 0 Å². The highest BCUT2D eigenvalue weighted by Gasteiger charge is 2.34. The number of hydrogen-bond donors (Lipinski definition) is 2. The molecular formula is C24H24N2O6. The Labute approximate surface area is 185 Å². The second-order valence-electron chi connectivity index (χ2n) is 7.27. The van der Waals surface area contributed by atoms with Gasteiger partial charge in [-0.05, 0) is 61.4 Å². The third kappa shape index (κ3) is 5.40. The lowest BCUT2D eigenvalue weighted by atomic mass is 9.81. The zero-order valence-corrected chi connectivity index (χ0v) is 17.8. The van der Waals surface area contributed by atoms with E-state index in [1.54, 1.807) is 48.5 Å². The number of esters is 2. The van der Waals surface area contributed by atoms with Gasteiger partial charge in [0.1, 0.15) is 0 Å². The van der Waals surface area contributed by atoms with Crippen LogP contribution in [0.15, 0.2) is 60.7 Å². The van der Waals surface area contributed by atoms with Gasteiger partial charge in [-0.15, -0.1) is 0 Å². The molecule has 0 fully saturated rings. The molecule has 0 bridgehead atoms. The van der Waals surface area contributed by atoms with Crippen molar-refractivity contribution in [1.29, 1.82) is 0 Å². The Bertz CT molecular complexity index is 944. The Kier molecular flexibility index (Phi) is 7.38. The van der Waals surface area contributed by atoms with Crippen LogP contribution in [0.25, 0.3) is 0 Å². The van der Waals surface area contributed by atoms with E-state index in [-0.39, 0.29) is 11.8 Å². The minimum absolute atomic E-state index is 0.277. The summed E-state index contributed by atoms with van der Waals surface area (Å²) in [6, 6.07) is 12.7. The normalized spacial score (nSPS) is 17.2. The third-order valence-corrected chi connectivity index (χ3v) is 5.25. The summed E-state index contributed by atoms with van der Waals surface area (Å²) in [6.45, 7) is 0. The lowest BCUT2D eigenvalue weighted by Gasteiger charge is -2.26. The maximum atomic E-state index is 12.9. The van der Waals surface area contributed by atoms with Gasteiger partial charge >= 0.3 is 11.9 Å². The van der Waals surface area contributed by atoms with Gasteiger partial charge in [-0.25, -0.2) is 9.59 Å². The predicted molar refractivity (Wildman–Crippen MR) is 118 cm³/mol. The van der Waals surface area contributed by atoms with Gasteiger partial charge in [0, 0.05) is 11.4 Å². The molecule has 1 aliphatic carbocycles. The van der Waals surface area contributed by atoms with Crippen molar-refractivity contribution in [2.75, 3.05) is 24.9 Å². The Morgan fingerprint density at radius 3 is 1.31 bits per heavy atom. The monoisotopic (exact) mass is 436 g/mol. The first-order valence-electron chi connectivity index (χ1n) is 10.1. The van der Waals surface area contributed by atoms with Crippen LogP contribution in [0.2, 0.25) is 0 Å². The fourth-order valence-corrected chi connectivity index (χ4v) is 3.48. The van der Waals surface area contributed by atoms with Gasteiger partial charge in [0.05, 0.1) is 37.2 Å². The molecule has 32 heavy (non-hydrogen) atoms. The van der Waals surface area contributed by atoms with Crippen LogP contribution in [0.4, 0.5) is 11.4 Å². The highest BCUT2D eigenvalue weighted by Crippen LogP contribution is 2.28. The molecule has 2 amide bonds. The Balaban J connectivity index is 1.66. The number of carbonyl (C=O) groups is 4. The SMILES string of the molecule is COC(=O)c1ccc(NC(=O)C2CC=CCC2C(=O)Nc2ccc(C(=O)OC)cc2)cc1. The molecule has 0 aromatic heterocycles. The summed E-state index contributed by atoms with van der Waals surface area (Å²) >= 11 is 0. The van der Waals surface area contributed by atoms with E-state index in [2.05, 4.69) is 20.1 Å². The van der Waals surface area contributed by atoms with E-state index in [9.17, 15) is 19.2 Å². The van der Waals surface area contributed by atoms with Gasteiger partial charge in [-0.1, -0.05) is 12.2 Å². The van der Waals surface area contributed by atoms with Crippen molar-refractivity contribution in [3.63, 3.8) is 0 Å². The molecule has 3 rings (SSSR count). The van der Waals surface area contributed by atoms with E-state index in [1.165, 1.54) is 14.2 Å². The zero-order valence-electron chi connectivity index (χ0n) is 17.8.